The Morgan fingerprint density at radius 1 is 0.935 bits per heavy atom. The fraction of sp³-hybridized carbons (Fsp3) is 0.348. The third-order valence-electron chi connectivity index (χ3n) is 4.45. The summed E-state index contributed by atoms with van der Waals surface area (Å²) >= 11 is 3.39. The standard InChI is InChI=1S/C23H28BrN3O4/c1-14(2)13-31-20-8-6-17(12-19(20)24)23(30)27-26-22(29)10-9-21(28)25-18-7-5-15(3)16(4)11-18/h5-8,11-12,14H,9-10,13H2,1-4H3,(H,25,28)(H,26,29)(H,27,30). The van der Waals surface area contributed by atoms with Crippen LogP contribution in [0.15, 0.2) is 40.9 Å². The van der Waals surface area contributed by atoms with Crippen molar-refractivity contribution in [3.63, 3.8) is 0 Å². The van der Waals surface area contributed by atoms with Gasteiger partial charge in [-0.05, 0) is 77.2 Å². The molecule has 3 N–H and O–H groups in total. The van der Waals surface area contributed by atoms with E-state index in [0.717, 1.165) is 11.1 Å². The Kier molecular flexibility index (Phi) is 9.05. The molecule has 8 heteroatoms. The number of anilines is 1. The first-order chi connectivity index (χ1) is 14.7. The third-order valence-corrected chi connectivity index (χ3v) is 5.07. The van der Waals surface area contributed by atoms with Gasteiger partial charge >= 0.3 is 0 Å². The van der Waals surface area contributed by atoms with Gasteiger partial charge in [0.05, 0.1) is 11.1 Å². The average molecular weight is 490 g/mol. The predicted octanol–water partition coefficient (Wildman–Crippen LogP) is 4.28. The second-order valence-corrected chi connectivity index (χ2v) is 8.55. The van der Waals surface area contributed by atoms with Crippen LogP contribution in [-0.2, 0) is 9.59 Å². The van der Waals surface area contributed by atoms with Crippen LogP contribution in [0.1, 0.15) is 48.2 Å². The summed E-state index contributed by atoms with van der Waals surface area (Å²) in [7, 11) is 0. The summed E-state index contributed by atoms with van der Waals surface area (Å²) in [5, 5.41) is 2.76. The number of carbonyl (C=O) groups is 3. The van der Waals surface area contributed by atoms with E-state index in [2.05, 4.69) is 32.1 Å². The lowest BCUT2D eigenvalue weighted by Crippen LogP contribution is -2.41. The van der Waals surface area contributed by atoms with E-state index in [9.17, 15) is 14.4 Å². The number of nitrogens with one attached hydrogen (secondary N) is 3. The van der Waals surface area contributed by atoms with Crippen LogP contribution in [0.4, 0.5) is 5.69 Å². The number of ether oxygens (including phenoxy) is 1. The van der Waals surface area contributed by atoms with Crippen LogP contribution in [-0.4, -0.2) is 24.3 Å². The van der Waals surface area contributed by atoms with E-state index in [1.165, 1.54) is 0 Å². The maximum Gasteiger partial charge on any atom is 0.269 e. The Morgan fingerprint density at radius 3 is 2.29 bits per heavy atom. The molecule has 31 heavy (non-hydrogen) atoms. The van der Waals surface area contributed by atoms with Crippen LogP contribution in [0.5, 0.6) is 5.75 Å². The quantitative estimate of drug-likeness (QED) is 0.482. The molecule has 0 heterocycles. The highest BCUT2D eigenvalue weighted by molar-refractivity contribution is 9.10. The number of hydrogen-bond acceptors (Lipinski definition) is 4. The van der Waals surface area contributed by atoms with Crippen LogP contribution in [0.3, 0.4) is 0 Å². The smallest absolute Gasteiger partial charge is 0.269 e. The fourth-order valence-electron chi connectivity index (χ4n) is 2.55. The highest BCUT2D eigenvalue weighted by Gasteiger charge is 2.12. The van der Waals surface area contributed by atoms with Gasteiger partial charge in [0.2, 0.25) is 11.8 Å². The minimum atomic E-state index is -0.468. The van der Waals surface area contributed by atoms with Gasteiger partial charge in [-0.15, -0.1) is 0 Å². The van der Waals surface area contributed by atoms with Gasteiger partial charge in [-0.2, -0.15) is 0 Å². The van der Waals surface area contributed by atoms with E-state index < -0.39 is 11.8 Å². The lowest BCUT2D eigenvalue weighted by atomic mass is 10.1. The molecule has 2 aromatic carbocycles. The average Bonchev–Trinajstić information content (AvgIpc) is 2.72. The van der Waals surface area contributed by atoms with E-state index in [1.54, 1.807) is 18.2 Å². The lowest BCUT2D eigenvalue weighted by Gasteiger charge is -2.12. The van der Waals surface area contributed by atoms with Gasteiger partial charge in [0, 0.05) is 24.1 Å². The van der Waals surface area contributed by atoms with Crippen LogP contribution in [0.2, 0.25) is 0 Å². The number of benzene rings is 2. The number of carbonyl (C=O) groups excluding carboxylic acids is 3. The highest BCUT2D eigenvalue weighted by Crippen LogP contribution is 2.26. The van der Waals surface area contributed by atoms with E-state index >= 15 is 0 Å². The van der Waals surface area contributed by atoms with Gasteiger partial charge < -0.3 is 10.1 Å². The molecule has 0 fully saturated rings. The van der Waals surface area contributed by atoms with E-state index in [1.807, 2.05) is 45.9 Å². The fourth-order valence-corrected chi connectivity index (χ4v) is 3.04. The second kappa shape index (κ2) is 11.5. The number of rotatable bonds is 8. The molecular weight excluding hydrogens is 462 g/mol. The van der Waals surface area contributed by atoms with Crippen molar-refractivity contribution in [2.75, 3.05) is 11.9 Å². The van der Waals surface area contributed by atoms with Crippen molar-refractivity contribution in [2.45, 2.75) is 40.5 Å². The summed E-state index contributed by atoms with van der Waals surface area (Å²) in [6, 6.07) is 10.5. The molecule has 0 bridgehead atoms. The minimum absolute atomic E-state index is 0.00205. The number of aryl methyl sites for hydroxylation is 2. The first kappa shape index (κ1) is 24.4. The minimum Gasteiger partial charge on any atom is -0.492 e. The predicted molar refractivity (Wildman–Crippen MR) is 124 cm³/mol. The summed E-state index contributed by atoms with van der Waals surface area (Å²) in [5.74, 6) is -0.175. The number of amides is 3. The normalized spacial score (nSPS) is 10.5. The van der Waals surface area contributed by atoms with Gasteiger partial charge in [-0.25, -0.2) is 0 Å². The van der Waals surface area contributed by atoms with Crippen molar-refractivity contribution in [3.05, 3.63) is 57.6 Å². The van der Waals surface area contributed by atoms with Crippen molar-refractivity contribution < 1.29 is 19.1 Å². The highest BCUT2D eigenvalue weighted by atomic mass is 79.9. The number of halogens is 1. The van der Waals surface area contributed by atoms with Gasteiger partial charge in [-0.1, -0.05) is 19.9 Å². The monoisotopic (exact) mass is 489 g/mol. The Labute approximate surface area is 191 Å². The summed E-state index contributed by atoms with van der Waals surface area (Å²) < 4.78 is 6.30. The van der Waals surface area contributed by atoms with Crippen molar-refractivity contribution in [2.24, 2.45) is 5.92 Å². The maximum absolute atomic E-state index is 12.3. The van der Waals surface area contributed by atoms with Crippen molar-refractivity contribution in [3.8, 4) is 5.75 Å². The van der Waals surface area contributed by atoms with Crippen molar-refractivity contribution in [1.82, 2.24) is 10.9 Å². The van der Waals surface area contributed by atoms with Crippen molar-refractivity contribution >= 4 is 39.3 Å². The van der Waals surface area contributed by atoms with E-state index in [-0.39, 0.29) is 18.7 Å². The molecule has 0 aliphatic heterocycles. The third kappa shape index (κ3) is 8.05. The first-order valence-corrected chi connectivity index (χ1v) is 10.8. The molecule has 0 atom stereocenters. The van der Waals surface area contributed by atoms with E-state index in [4.69, 9.17) is 4.74 Å². The van der Waals surface area contributed by atoms with Crippen LogP contribution in [0, 0.1) is 19.8 Å². The Balaban J connectivity index is 1.77. The van der Waals surface area contributed by atoms with Crippen LogP contribution >= 0.6 is 15.9 Å². The topological polar surface area (TPSA) is 96.5 Å². The molecule has 0 aliphatic carbocycles. The summed E-state index contributed by atoms with van der Waals surface area (Å²) in [6.07, 6.45) is -0.0509. The summed E-state index contributed by atoms with van der Waals surface area (Å²) in [5.41, 5.74) is 7.93. The van der Waals surface area contributed by atoms with E-state index in [0.29, 0.717) is 34.0 Å². The number of hydrazine groups is 1. The molecule has 166 valence electrons. The lowest BCUT2D eigenvalue weighted by molar-refractivity contribution is -0.124. The van der Waals surface area contributed by atoms with Gasteiger partial charge in [0.1, 0.15) is 5.75 Å². The molecule has 0 spiro atoms. The van der Waals surface area contributed by atoms with Crippen LogP contribution < -0.4 is 20.9 Å². The summed E-state index contributed by atoms with van der Waals surface area (Å²) in [4.78, 5) is 36.3. The summed E-state index contributed by atoms with van der Waals surface area (Å²) in [6.45, 7) is 8.62. The zero-order valence-electron chi connectivity index (χ0n) is 18.2. The zero-order chi connectivity index (χ0) is 23.0. The molecule has 0 unspecified atom stereocenters. The zero-order valence-corrected chi connectivity index (χ0v) is 19.8. The van der Waals surface area contributed by atoms with Crippen molar-refractivity contribution in [1.29, 1.82) is 0 Å². The molecule has 2 aromatic rings. The molecule has 0 aliphatic rings. The Hall–Kier alpha value is -2.87. The second-order valence-electron chi connectivity index (χ2n) is 7.70. The first-order valence-electron chi connectivity index (χ1n) is 10.0. The number of hydrogen-bond donors (Lipinski definition) is 3. The molecule has 3 amide bonds. The molecule has 0 aromatic heterocycles. The van der Waals surface area contributed by atoms with Gasteiger partial charge in [0.25, 0.3) is 5.91 Å². The Morgan fingerprint density at radius 2 is 1.65 bits per heavy atom. The molecule has 2 rings (SSSR count). The Bertz CT molecular complexity index is 960. The van der Waals surface area contributed by atoms with Gasteiger partial charge in [0.15, 0.2) is 0 Å². The maximum atomic E-state index is 12.3. The van der Waals surface area contributed by atoms with Gasteiger partial charge in [-0.3, -0.25) is 25.2 Å². The molecule has 0 radical (unpaired) electrons. The van der Waals surface area contributed by atoms with Crippen LogP contribution in [0.25, 0.3) is 0 Å². The molecule has 0 saturated heterocycles. The largest absolute Gasteiger partial charge is 0.492 e. The molecule has 0 saturated carbocycles. The molecule has 7 nitrogen and oxygen atoms in total. The molecular formula is C23H28BrN3O4. The SMILES string of the molecule is Cc1ccc(NC(=O)CCC(=O)NNC(=O)c2ccc(OCC(C)C)c(Br)c2)cc1C.